The lowest BCUT2D eigenvalue weighted by Crippen LogP contribution is -2.24. The van der Waals surface area contributed by atoms with Crippen molar-refractivity contribution in [1.29, 1.82) is 0 Å². The molecule has 0 saturated carbocycles. The zero-order valence-corrected chi connectivity index (χ0v) is 11.4. The van der Waals surface area contributed by atoms with E-state index in [1.54, 1.807) is 0 Å². The number of amides is 1. The van der Waals surface area contributed by atoms with E-state index in [1.807, 2.05) is 60.7 Å². The summed E-state index contributed by atoms with van der Waals surface area (Å²) in [7, 11) is 0. The van der Waals surface area contributed by atoms with Crippen molar-refractivity contribution in [2.24, 2.45) is 0 Å². The third-order valence-electron chi connectivity index (χ3n) is 2.52. The fourth-order valence-electron chi connectivity index (χ4n) is 1.54. The Labute approximate surface area is 123 Å². The van der Waals surface area contributed by atoms with E-state index in [4.69, 9.17) is 9.57 Å². The van der Waals surface area contributed by atoms with Crippen LogP contribution in [0.15, 0.2) is 60.7 Å². The SMILES string of the molecule is O=C(NOCC#Cc1ccccc1)OCc1ccccc1. The molecule has 1 N–H and O–H groups in total. The molecule has 2 aromatic rings. The topological polar surface area (TPSA) is 47.6 Å². The Hall–Kier alpha value is -2.77. The van der Waals surface area contributed by atoms with Crippen LogP contribution >= 0.6 is 0 Å². The van der Waals surface area contributed by atoms with Crippen LogP contribution in [0.5, 0.6) is 0 Å². The Kier molecular flexibility index (Phi) is 5.86. The number of rotatable bonds is 4. The van der Waals surface area contributed by atoms with E-state index in [1.165, 1.54) is 0 Å². The lowest BCUT2D eigenvalue weighted by molar-refractivity contribution is 0.0410. The third-order valence-corrected chi connectivity index (χ3v) is 2.52. The van der Waals surface area contributed by atoms with E-state index in [2.05, 4.69) is 17.3 Å². The summed E-state index contributed by atoms with van der Waals surface area (Å²) in [4.78, 5) is 16.3. The Morgan fingerprint density at radius 3 is 2.38 bits per heavy atom. The van der Waals surface area contributed by atoms with Crippen molar-refractivity contribution in [3.05, 3.63) is 71.8 Å². The molecule has 21 heavy (non-hydrogen) atoms. The Balaban J connectivity index is 1.63. The summed E-state index contributed by atoms with van der Waals surface area (Å²) in [5, 5.41) is 0. The molecule has 0 aliphatic carbocycles. The summed E-state index contributed by atoms with van der Waals surface area (Å²) in [6.07, 6.45) is -0.639. The highest BCUT2D eigenvalue weighted by molar-refractivity contribution is 5.65. The molecular formula is C17H15NO3. The first kappa shape index (κ1) is 14.6. The lowest BCUT2D eigenvalue weighted by atomic mass is 10.2. The molecule has 0 aromatic heterocycles. The smallest absolute Gasteiger partial charge is 0.431 e. The fraction of sp³-hybridized carbons (Fsp3) is 0.118. The van der Waals surface area contributed by atoms with E-state index in [-0.39, 0.29) is 13.2 Å². The standard InChI is InChI=1S/C17H15NO3/c19-17(20-14-16-10-5-2-6-11-16)18-21-13-7-12-15-8-3-1-4-9-15/h1-6,8-11H,13-14H2,(H,18,19). The van der Waals surface area contributed by atoms with Gasteiger partial charge in [-0.15, -0.1) is 0 Å². The van der Waals surface area contributed by atoms with Gasteiger partial charge in [0.1, 0.15) is 13.2 Å². The Bertz CT molecular complexity index is 615. The van der Waals surface area contributed by atoms with Crippen molar-refractivity contribution in [2.75, 3.05) is 6.61 Å². The maximum atomic E-state index is 11.3. The first-order valence-corrected chi connectivity index (χ1v) is 6.47. The summed E-state index contributed by atoms with van der Waals surface area (Å²) in [6.45, 7) is 0.293. The maximum Gasteiger partial charge on any atom is 0.431 e. The summed E-state index contributed by atoms with van der Waals surface area (Å²) in [5.74, 6) is 5.70. The first-order valence-electron chi connectivity index (χ1n) is 6.47. The molecule has 0 saturated heterocycles. The van der Waals surface area contributed by atoms with Crippen molar-refractivity contribution in [2.45, 2.75) is 6.61 Å². The van der Waals surface area contributed by atoms with E-state index in [0.29, 0.717) is 0 Å². The van der Waals surface area contributed by atoms with Crippen molar-refractivity contribution < 1.29 is 14.4 Å². The first-order chi connectivity index (χ1) is 10.3. The number of carbonyl (C=O) groups excluding carboxylic acids is 1. The highest BCUT2D eigenvalue weighted by Crippen LogP contribution is 2.00. The minimum absolute atomic E-state index is 0.0926. The number of carbonyl (C=O) groups is 1. The summed E-state index contributed by atoms with van der Waals surface area (Å²) >= 11 is 0. The van der Waals surface area contributed by atoms with Gasteiger partial charge in [-0.1, -0.05) is 60.4 Å². The van der Waals surface area contributed by atoms with Gasteiger partial charge in [0.25, 0.3) is 0 Å². The molecule has 2 aromatic carbocycles. The average Bonchev–Trinajstić information content (AvgIpc) is 2.54. The minimum atomic E-state index is -0.639. The van der Waals surface area contributed by atoms with Crippen LogP contribution in [0.1, 0.15) is 11.1 Å². The van der Waals surface area contributed by atoms with Crippen molar-refractivity contribution in [3.8, 4) is 11.8 Å². The third kappa shape index (κ3) is 5.81. The summed E-state index contributed by atoms with van der Waals surface area (Å²) in [5.41, 5.74) is 3.99. The lowest BCUT2D eigenvalue weighted by Gasteiger charge is -2.05. The second kappa shape index (κ2) is 8.41. The van der Waals surface area contributed by atoms with Gasteiger partial charge in [-0.05, 0) is 17.7 Å². The van der Waals surface area contributed by atoms with Gasteiger partial charge in [0.15, 0.2) is 0 Å². The monoisotopic (exact) mass is 281 g/mol. The summed E-state index contributed by atoms with van der Waals surface area (Å²) in [6, 6.07) is 18.9. The Morgan fingerprint density at radius 2 is 1.67 bits per heavy atom. The minimum Gasteiger partial charge on any atom is -0.443 e. The van der Waals surface area contributed by atoms with Crippen LogP contribution in [0, 0.1) is 11.8 Å². The maximum absolute atomic E-state index is 11.3. The highest BCUT2D eigenvalue weighted by Gasteiger charge is 2.01. The molecule has 0 atom stereocenters. The normalized spacial score (nSPS) is 9.33. The molecule has 0 aliphatic heterocycles. The molecule has 0 spiro atoms. The van der Waals surface area contributed by atoms with Gasteiger partial charge in [-0.25, -0.2) is 4.79 Å². The number of benzene rings is 2. The number of nitrogens with one attached hydrogen (secondary N) is 1. The second-order valence-corrected chi connectivity index (χ2v) is 4.12. The van der Waals surface area contributed by atoms with Gasteiger partial charge in [0.05, 0.1) is 0 Å². The highest BCUT2D eigenvalue weighted by atomic mass is 16.7. The molecule has 106 valence electrons. The van der Waals surface area contributed by atoms with Gasteiger partial charge in [0.2, 0.25) is 0 Å². The number of hydrogen-bond acceptors (Lipinski definition) is 3. The quantitative estimate of drug-likeness (QED) is 0.532. The predicted molar refractivity (Wildman–Crippen MR) is 79.0 cm³/mol. The van der Waals surface area contributed by atoms with E-state index in [9.17, 15) is 4.79 Å². The molecular weight excluding hydrogens is 266 g/mol. The van der Waals surface area contributed by atoms with Crippen LogP contribution in [0.3, 0.4) is 0 Å². The van der Waals surface area contributed by atoms with Gasteiger partial charge < -0.3 is 4.74 Å². The van der Waals surface area contributed by atoms with Crippen LogP contribution in [0.25, 0.3) is 0 Å². The second-order valence-electron chi connectivity index (χ2n) is 4.12. The van der Waals surface area contributed by atoms with E-state index in [0.717, 1.165) is 11.1 Å². The van der Waals surface area contributed by atoms with E-state index < -0.39 is 6.09 Å². The van der Waals surface area contributed by atoms with Crippen molar-refractivity contribution >= 4 is 6.09 Å². The Morgan fingerprint density at radius 1 is 1.00 bits per heavy atom. The zero-order chi connectivity index (χ0) is 14.8. The molecule has 0 fully saturated rings. The largest absolute Gasteiger partial charge is 0.443 e. The number of hydrogen-bond donors (Lipinski definition) is 1. The van der Waals surface area contributed by atoms with Gasteiger partial charge in [0, 0.05) is 5.56 Å². The molecule has 0 unspecified atom stereocenters. The average molecular weight is 281 g/mol. The van der Waals surface area contributed by atoms with Gasteiger partial charge in [-0.2, -0.15) is 5.48 Å². The fourth-order valence-corrected chi connectivity index (χ4v) is 1.54. The molecule has 0 aliphatic rings. The van der Waals surface area contributed by atoms with Crippen molar-refractivity contribution in [1.82, 2.24) is 5.48 Å². The van der Waals surface area contributed by atoms with Gasteiger partial charge >= 0.3 is 6.09 Å². The van der Waals surface area contributed by atoms with Gasteiger partial charge in [-0.3, -0.25) is 4.84 Å². The van der Waals surface area contributed by atoms with Crippen LogP contribution in [-0.4, -0.2) is 12.7 Å². The predicted octanol–water partition coefficient (Wildman–Crippen LogP) is 2.90. The van der Waals surface area contributed by atoms with Crippen LogP contribution in [-0.2, 0) is 16.2 Å². The summed E-state index contributed by atoms with van der Waals surface area (Å²) < 4.78 is 4.97. The number of ether oxygens (including phenoxy) is 1. The molecule has 4 nitrogen and oxygen atoms in total. The molecule has 4 heteroatoms. The van der Waals surface area contributed by atoms with E-state index >= 15 is 0 Å². The molecule has 0 radical (unpaired) electrons. The van der Waals surface area contributed by atoms with Crippen molar-refractivity contribution in [3.63, 3.8) is 0 Å². The number of hydroxylamine groups is 1. The molecule has 2 rings (SSSR count). The van der Waals surface area contributed by atoms with Crippen LogP contribution in [0.4, 0.5) is 4.79 Å². The molecule has 1 amide bonds. The van der Waals surface area contributed by atoms with Crippen LogP contribution in [0.2, 0.25) is 0 Å². The molecule has 0 bridgehead atoms. The molecule has 0 heterocycles. The van der Waals surface area contributed by atoms with Crippen LogP contribution < -0.4 is 5.48 Å². The zero-order valence-electron chi connectivity index (χ0n) is 11.4.